The molecule has 0 aliphatic carbocycles. The van der Waals surface area contributed by atoms with E-state index in [-0.39, 0.29) is 0 Å². The molecule has 1 heterocycles. The number of hydrogen-bond acceptors (Lipinski definition) is 3. The number of hydrogen-bond donors (Lipinski definition) is 1. The topological polar surface area (TPSA) is 51.3 Å². The van der Waals surface area contributed by atoms with Crippen LogP contribution in [0.4, 0.5) is 0 Å². The predicted octanol–water partition coefficient (Wildman–Crippen LogP) is 1.82. The number of allylic oxidation sites excluding steroid dienone is 1. The van der Waals surface area contributed by atoms with Crippen molar-refractivity contribution in [2.24, 2.45) is 10.7 Å². The van der Waals surface area contributed by atoms with Crippen LogP contribution in [0, 0.1) is 0 Å². The SMILES string of the molecule is CN=C/C(=C\N)c1ccc(CCl)nc1. The van der Waals surface area contributed by atoms with Crippen molar-refractivity contribution < 1.29 is 0 Å². The van der Waals surface area contributed by atoms with E-state index < -0.39 is 0 Å². The van der Waals surface area contributed by atoms with Crippen LogP contribution in [0.3, 0.4) is 0 Å². The molecule has 0 atom stereocenters. The Morgan fingerprint density at radius 2 is 2.43 bits per heavy atom. The number of nitrogens with two attached hydrogens (primary N) is 1. The number of rotatable bonds is 3. The van der Waals surface area contributed by atoms with Gasteiger partial charge in [0.1, 0.15) is 0 Å². The summed E-state index contributed by atoms with van der Waals surface area (Å²) in [5.74, 6) is 0.420. The minimum atomic E-state index is 0.420. The summed E-state index contributed by atoms with van der Waals surface area (Å²) in [7, 11) is 1.70. The highest BCUT2D eigenvalue weighted by atomic mass is 35.5. The zero-order chi connectivity index (χ0) is 10.4. The fraction of sp³-hybridized carbons (Fsp3) is 0.200. The monoisotopic (exact) mass is 209 g/mol. The third-order valence-corrected chi connectivity index (χ3v) is 2.02. The Balaban J connectivity index is 2.96. The van der Waals surface area contributed by atoms with Gasteiger partial charge in [0.15, 0.2) is 0 Å². The smallest absolute Gasteiger partial charge is 0.0647 e. The normalized spacial score (nSPS) is 12.3. The summed E-state index contributed by atoms with van der Waals surface area (Å²) < 4.78 is 0. The van der Waals surface area contributed by atoms with Gasteiger partial charge in [-0.2, -0.15) is 0 Å². The summed E-state index contributed by atoms with van der Waals surface area (Å²) in [6, 6.07) is 3.79. The van der Waals surface area contributed by atoms with E-state index in [1.54, 1.807) is 19.5 Å². The Morgan fingerprint density at radius 1 is 1.64 bits per heavy atom. The summed E-state index contributed by atoms with van der Waals surface area (Å²) in [5.41, 5.74) is 8.09. The van der Waals surface area contributed by atoms with Crippen LogP contribution in [-0.4, -0.2) is 18.2 Å². The summed E-state index contributed by atoms with van der Waals surface area (Å²) in [6.45, 7) is 0. The van der Waals surface area contributed by atoms with Gasteiger partial charge in [0.05, 0.1) is 11.6 Å². The van der Waals surface area contributed by atoms with Crippen molar-refractivity contribution in [3.05, 3.63) is 35.8 Å². The van der Waals surface area contributed by atoms with E-state index in [2.05, 4.69) is 9.98 Å². The van der Waals surface area contributed by atoms with Crippen molar-refractivity contribution in [3.63, 3.8) is 0 Å². The Bertz CT molecular complexity index is 341. The summed E-state index contributed by atoms with van der Waals surface area (Å²) in [6.07, 6.45) is 4.93. The highest BCUT2D eigenvalue weighted by Gasteiger charge is 1.98. The van der Waals surface area contributed by atoms with Crippen LogP contribution in [0.25, 0.3) is 5.57 Å². The zero-order valence-corrected chi connectivity index (χ0v) is 8.70. The Labute approximate surface area is 88.3 Å². The van der Waals surface area contributed by atoms with Gasteiger partial charge in [0, 0.05) is 36.8 Å². The molecule has 0 fully saturated rings. The lowest BCUT2D eigenvalue weighted by atomic mass is 10.1. The van der Waals surface area contributed by atoms with E-state index in [1.165, 1.54) is 6.20 Å². The van der Waals surface area contributed by atoms with Crippen LogP contribution >= 0.6 is 11.6 Å². The van der Waals surface area contributed by atoms with E-state index in [0.717, 1.165) is 16.8 Å². The number of halogens is 1. The van der Waals surface area contributed by atoms with E-state index in [0.29, 0.717) is 5.88 Å². The molecule has 0 saturated carbocycles. The molecular weight excluding hydrogens is 198 g/mol. The molecule has 1 rings (SSSR count). The molecule has 0 aliphatic rings. The van der Waals surface area contributed by atoms with Crippen molar-refractivity contribution in [3.8, 4) is 0 Å². The molecule has 0 radical (unpaired) electrons. The largest absolute Gasteiger partial charge is 0.404 e. The van der Waals surface area contributed by atoms with Gasteiger partial charge >= 0.3 is 0 Å². The maximum absolute atomic E-state index is 5.63. The van der Waals surface area contributed by atoms with E-state index in [9.17, 15) is 0 Å². The fourth-order valence-electron chi connectivity index (χ4n) is 1.03. The average molecular weight is 210 g/mol. The lowest BCUT2D eigenvalue weighted by Crippen LogP contribution is -1.93. The zero-order valence-electron chi connectivity index (χ0n) is 7.94. The van der Waals surface area contributed by atoms with Crippen LogP contribution in [0.5, 0.6) is 0 Å². The highest BCUT2D eigenvalue weighted by Crippen LogP contribution is 2.11. The standard InChI is InChI=1S/C10H12ClN3/c1-13-6-9(5-12)8-2-3-10(4-11)14-7-8/h2-3,5-7H,4,12H2,1H3/b9-5+,13-6?. The summed E-state index contributed by atoms with van der Waals surface area (Å²) in [5, 5.41) is 0. The van der Waals surface area contributed by atoms with Crippen molar-refractivity contribution in [2.45, 2.75) is 5.88 Å². The molecule has 0 bridgehead atoms. The molecule has 74 valence electrons. The fourth-order valence-corrected chi connectivity index (χ4v) is 1.19. The first-order chi connectivity index (χ1) is 6.81. The Kier molecular flexibility index (Phi) is 4.13. The number of alkyl halides is 1. The minimum Gasteiger partial charge on any atom is -0.404 e. The van der Waals surface area contributed by atoms with Crippen molar-refractivity contribution in [1.82, 2.24) is 4.98 Å². The first kappa shape index (κ1) is 10.7. The van der Waals surface area contributed by atoms with Crippen molar-refractivity contribution >= 4 is 23.4 Å². The van der Waals surface area contributed by atoms with Gasteiger partial charge in [-0.1, -0.05) is 6.07 Å². The molecule has 1 aromatic heterocycles. The molecule has 0 aliphatic heterocycles. The van der Waals surface area contributed by atoms with Crippen LogP contribution in [0.1, 0.15) is 11.3 Å². The number of aliphatic imine (C=N–C) groups is 1. The molecule has 0 amide bonds. The second kappa shape index (κ2) is 5.40. The van der Waals surface area contributed by atoms with Gasteiger partial charge in [0.25, 0.3) is 0 Å². The van der Waals surface area contributed by atoms with E-state index >= 15 is 0 Å². The lowest BCUT2D eigenvalue weighted by Gasteiger charge is -2.01. The molecule has 2 N–H and O–H groups in total. The van der Waals surface area contributed by atoms with Gasteiger partial charge < -0.3 is 5.73 Å². The molecule has 0 saturated heterocycles. The molecule has 0 unspecified atom stereocenters. The van der Waals surface area contributed by atoms with Gasteiger partial charge in [0.2, 0.25) is 0 Å². The maximum Gasteiger partial charge on any atom is 0.0647 e. The molecule has 14 heavy (non-hydrogen) atoms. The summed E-state index contributed by atoms with van der Waals surface area (Å²) in [4.78, 5) is 8.06. The number of nitrogens with zero attached hydrogens (tertiary/aromatic N) is 2. The highest BCUT2D eigenvalue weighted by molar-refractivity contribution is 6.16. The van der Waals surface area contributed by atoms with Gasteiger partial charge in [-0.15, -0.1) is 11.6 Å². The van der Waals surface area contributed by atoms with E-state index in [4.69, 9.17) is 17.3 Å². The maximum atomic E-state index is 5.63. The first-order valence-corrected chi connectivity index (χ1v) is 4.70. The summed E-state index contributed by atoms with van der Waals surface area (Å²) >= 11 is 5.63. The predicted molar refractivity (Wildman–Crippen MR) is 60.4 cm³/mol. The Hall–Kier alpha value is -1.35. The van der Waals surface area contributed by atoms with Gasteiger partial charge in [-0.25, -0.2) is 0 Å². The second-order valence-electron chi connectivity index (χ2n) is 2.68. The molecule has 4 heteroatoms. The lowest BCUT2D eigenvalue weighted by molar-refractivity contribution is 1.16. The molecular formula is C10H12ClN3. The van der Waals surface area contributed by atoms with Gasteiger partial charge in [-0.05, 0) is 6.07 Å². The number of aromatic nitrogens is 1. The van der Waals surface area contributed by atoms with Crippen LogP contribution < -0.4 is 5.73 Å². The van der Waals surface area contributed by atoms with Crippen LogP contribution in [-0.2, 0) is 5.88 Å². The molecule has 3 nitrogen and oxygen atoms in total. The second-order valence-corrected chi connectivity index (χ2v) is 2.95. The minimum absolute atomic E-state index is 0.420. The van der Waals surface area contributed by atoms with Crippen LogP contribution in [0.15, 0.2) is 29.5 Å². The van der Waals surface area contributed by atoms with Crippen molar-refractivity contribution in [1.29, 1.82) is 0 Å². The van der Waals surface area contributed by atoms with E-state index in [1.807, 2.05) is 12.1 Å². The molecule has 0 spiro atoms. The average Bonchev–Trinajstić information content (AvgIpc) is 2.26. The molecule has 1 aromatic rings. The molecule has 0 aromatic carbocycles. The number of pyridine rings is 1. The Morgan fingerprint density at radius 3 is 2.86 bits per heavy atom. The van der Waals surface area contributed by atoms with Crippen molar-refractivity contribution in [2.75, 3.05) is 7.05 Å². The van der Waals surface area contributed by atoms with Gasteiger partial charge in [-0.3, -0.25) is 9.98 Å². The van der Waals surface area contributed by atoms with Crippen LogP contribution in [0.2, 0.25) is 0 Å². The first-order valence-electron chi connectivity index (χ1n) is 4.17. The quantitative estimate of drug-likeness (QED) is 0.610. The third kappa shape index (κ3) is 2.57. The third-order valence-electron chi connectivity index (χ3n) is 1.74.